The van der Waals surface area contributed by atoms with Crippen LogP contribution in [0.5, 0.6) is 0 Å². The second kappa shape index (κ2) is 4.63. The molecular formula is C16H10N4O2. The number of allylic oxidation sites excluding steroid dienone is 1. The van der Waals surface area contributed by atoms with Crippen molar-refractivity contribution in [1.82, 2.24) is 5.53 Å². The number of hydrazone groups is 1. The molecule has 6 nitrogen and oxygen atoms in total. The van der Waals surface area contributed by atoms with E-state index in [2.05, 4.69) is 21.0 Å². The number of nitrogens with zero attached hydrogens (tertiary/aromatic N) is 3. The Morgan fingerprint density at radius 1 is 1.14 bits per heavy atom. The summed E-state index contributed by atoms with van der Waals surface area (Å²) in [5.41, 5.74) is 6.11. The van der Waals surface area contributed by atoms with Crippen molar-refractivity contribution < 1.29 is 9.90 Å². The van der Waals surface area contributed by atoms with Crippen LogP contribution < -0.4 is 5.53 Å². The van der Waals surface area contributed by atoms with Gasteiger partial charge in [0.2, 0.25) is 0 Å². The smallest absolute Gasteiger partial charge is 0.335 e. The third kappa shape index (κ3) is 1.81. The first-order valence-electron chi connectivity index (χ1n) is 6.65. The summed E-state index contributed by atoms with van der Waals surface area (Å²) < 4.78 is 0. The van der Waals surface area contributed by atoms with Crippen molar-refractivity contribution in [3.8, 4) is 0 Å². The van der Waals surface area contributed by atoms with Gasteiger partial charge in [0.15, 0.2) is 0 Å². The Morgan fingerprint density at radius 3 is 2.86 bits per heavy atom. The maximum Gasteiger partial charge on any atom is 0.335 e. The number of rotatable bonds is 2. The van der Waals surface area contributed by atoms with Crippen LogP contribution in [-0.2, 0) is 0 Å². The van der Waals surface area contributed by atoms with Gasteiger partial charge in [0.05, 0.1) is 17.5 Å². The van der Waals surface area contributed by atoms with Gasteiger partial charge in [-0.25, -0.2) is 4.79 Å². The highest BCUT2D eigenvalue weighted by Crippen LogP contribution is 2.37. The highest BCUT2D eigenvalue weighted by Gasteiger charge is 2.17. The number of carbonyl (C=O) groups is 1. The van der Waals surface area contributed by atoms with E-state index in [0.717, 1.165) is 27.5 Å². The molecule has 2 aromatic carbocycles. The maximum absolute atomic E-state index is 11.4. The van der Waals surface area contributed by atoms with E-state index in [1.54, 1.807) is 24.4 Å². The van der Waals surface area contributed by atoms with Gasteiger partial charge in [-0.15, -0.1) is 5.11 Å². The number of hydrogen-bond acceptors (Lipinski definition) is 5. The molecule has 22 heavy (non-hydrogen) atoms. The average molecular weight is 290 g/mol. The summed E-state index contributed by atoms with van der Waals surface area (Å²) in [6.07, 6.45) is 7.21. The molecule has 0 atom stereocenters. The molecule has 4 rings (SSSR count). The van der Waals surface area contributed by atoms with E-state index in [9.17, 15) is 9.90 Å². The van der Waals surface area contributed by atoms with E-state index < -0.39 is 5.97 Å². The van der Waals surface area contributed by atoms with E-state index in [0.29, 0.717) is 5.70 Å². The number of carboxylic acid groups (broad SMARTS) is 1. The molecule has 0 spiro atoms. The molecular weight excluding hydrogens is 280 g/mol. The quantitative estimate of drug-likeness (QED) is 0.759. The van der Waals surface area contributed by atoms with Crippen LogP contribution >= 0.6 is 0 Å². The molecule has 0 saturated heterocycles. The fraction of sp³-hybridized carbons (Fsp3) is 0. The van der Waals surface area contributed by atoms with Crippen LogP contribution in [0.15, 0.2) is 45.8 Å². The Hall–Kier alpha value is -3.28. The van der Waals surface area contributed by atoms with Crippen molar-refractivity contribution in [3.63, 3.8) is 0 Å². The number of nitrogens with one attached hydrogen (secondary N) is 1. The lowest BCUT2D eigenvalue weighted by Gasteiger charge is -2.10. The van der Waals surface area contributed by atoms with Crippen molar-refractivity contribution in [3.05, 3.63) is 52.6 Å². The Kier molecular flexibility index (Phi) is 2.62. The van der Waals surface area contributed by atoms with Crippen molar-refractivity contribution in [2.45, 2.75) is 0 Å². The van der Waals surface area contributed by atoms with E-state index >= 15 is 0 Å². The van der Waals surface area contributed by atoms with Crippen LogP contribution in [0.1, 0.15) is 27.0 Å². The maximum atomic E-state index is 11.4. The Morgan fingerprint density at radius 2 is 2.00 bits per heavy atom. The standard InChI is InChI=1S/C16H10N4O2/c21-16(22)11-7-10-2-1-9-3-4-12(13(8-11)15(9)10)14-5-6-17-19-20-18-14/h1-8H,(H,18,19)(H,21,22). The highest BCUT2D eigenvalue weighted by atomic mass is 16.4. The molecule has 0 bridgehead atoms. The summed E-state index contributed by atoms with van der Waals surface area (Å²) in [4.78, 5) is 11.4. The van der Waals surface area contributed by atoms with Gasteiger partial charge in [-0.3, -0.25) is 0 Å². The second-order valence-electron chi connectivity index (χ2n) is 4.96. The van der Waals surface area contributed by atoms with E-state index in [4.69, 9.17) is 0 Å². The third-order valence-corrected chi connectivity index (χ3v) is 3.71. The predicted molar refractivity (Wildman–Crippen MR) is 84.3 cm³/mol. The molecule has 1 aliphatic heterocycles. The first-order chi connectivity index (χ1) is 10.7. The van der Waals surface area contributed by atoms with Gasteiger partial charge in [-0.2, -0.15) is 10.6 Å². The molecule has 0 fully saturated rings. The Balaban J connectivity index is 2.05. The summed E-state index contributed by atoms with van der Waals surface area (Å²) in [7, 11) is 0. The molecule has 0 saturated carbocycles. The van der Waals surface area contributed by atoms with Crippen molar-refractivity contribution in [2.75, 3.05) is 0 Å². The largest absolute Gasteiger partial charge is 0.478 e. The highest BCUT2D eigenvalue weighted by molar-refractivity contribution is 6.11. The third-order valence-electron chi connectivity index (χ3n) is 3.71. The molecule has 0 radical (unpaired) electrons. The minimum atomic E-state index is -0.950. The number of aromatic carboxylic acids is 1. The lowest BCUT2D eigenvalue weighted by molar-refractivity contribution is 0.0697. The first-order valence-corrected chi connectivity index (χ1v) is 6.65. The van der Waals surface area contributed by atoms with Crippen LogP contribution in [0.3, 0.4) is 0 Å². The van der Waals surface area contributed by atoms with Crippen LogP contribution in [0.4, 0.5) is 0 Å². The van der Waals surface area contributed by atoms with Crippen LogP contribution in [0.2, 0.25) is 0 Å². The van der Waals surface area contributed by atoms with Gasteiger partial charge in [0.25, 0.3) is 0 Å². The number of hydrogen-bond donors (Lipinski definition) is 2. The molecule has 106 valence electrons. The van der Waals surface area contributed by atoms with Gasteiger partial charge >= 0.3 is 5.97 Å². The first kappa shape index (κ1) is 12.5. The zero-order chi connectivity index (χ0) is 15.1. The predicted octanol–water partition coefficient (Wildman–Crippen LogP) is 3.32. The lowest BCUT2D eigenvalue weighted by Crippen LogP contribution is -1.98. The SMILES string of the molecule is O=C(O)c1cc2c3c(ccc(C4=CC=NNN=N4)c3c1)C=C2. The molecule has 0 amide bonds. The molecule has 1 heterocycles. The average Bonchev–Trinajstić information content (AvgIpc) is 2.76. The normalized spacial score (nSPS) is 14.8. The fourth-order valence-corrected chi connectivity index (χ4v) is 2.76. The number of carboxylic acids is 1. The summed E-state index contributed by atoms with van der Waals surface area (Å²) in [5, 5.41) is 22.8. The van der Waals surface area contributed by atoms with Gasteiger partial charge in [-0.1, -0.05) is 29.5 Å². The Labute approximate surface area is 125 Å². The van der Waals surface area contributed by atoms with Crippen LogP contribution in [0.25, 0.3) is 28.6 Å². The molecule has 0 aromatic heterocycles. The summed E-state index contributed by atoms with van der Waals surface area (Å²) in [6.45, 7) is 0. The molecule has 2 N–H and O–H groups in total. The Bertz CT molecular complexity index is 939. The summed E-state index contributed by atoms with van der Waals surface area (Å²) >= 11 is 0. The van der Waals surface area contributed by atoms with E-state index in [-0.39, 0.29) is 5.56 Å². The van der Waals surface area contributed by atoms with Gasteiger partial charge in [0, 0.05) is 5.56 Å². The summed E-state index contributed by atoms with van der Waals surface area (Å²) in [5.74, 6) is -0.950. The van der Waals surface area contributed by atoms with Gasteiger partial charge in [-0.05, 0) is 40.1 Å². The van der Waals surface area contributed by atoms with Gasteiger partial charge < -0.3 is 5.11 Å². The topological polar surface area (TPSA) is 86.4 Å². The second-order valence-corrected chi connectivity index (χ2v) is 4.96. The van der Waals surface area contributed by atoms with Crippen LogP contribution in [-0.4, -0.2) is 17.3 Å². The lowest BCUT2D eigenvalue weighted by atomic mass is 9.95. The minimum Gasteiger partial charge on any atom is -0.478 e. The zero-order valence-electron chi connectivity index (χ0n) is 11.3. The fourth-order valence-electron chi connectivity index (χ4n) is 2.76. The van der Waals surface area contributed by atoms with E-state index in [1.807, 2.05) is 24.3 Å². The summed E-state index contributed by atoms with van der Waals surface area (Å²) in [6, 6.07) is 7.29. The molecule has 2 aromatic rings. The van der Waals surface area contributed by atoms with Gasteiger partial charge in [0.1, 0.15) is 0 Å². The van der Waals surface area contributed by atoms with Crippen molar-refractivity contribution >= 4 is 40.8 Å². The monoisotopic (exact) mass is 290 g/mol. The number of benzene rings is 2. The van der Waals surface area contributed by atoms with Crippen molar-refractivity contribution in [1.29, 1.82) is 0 Å². The molecule has 1 aliphatic carbocycles. The molecule has 0 unspecified atom stereocenters. The molecule has 2 aliphatic rings. The van der Waals surface area contributed by atoms with Crippen molar-refractivity contribution in [2.24, 2.45) is 15.4 Å². The minimum absolute atomic E-state index is 0.255. The molecule has 6 heteroatoms. The zero-order valence-corrected chi connectivity index (χ0v) is 11.3. The van der Waals surface area contributed by atoms with Crippen LogP contribution in [0, 0.1) is 0 Å². The van der Waals surface area contributed by atoms with E-state index in [1.165, 1.54) is 0 Å².